The summed E-state index contributed by atoms with van der Waals surface area (Å²) in [6.45, 7) is 2.01. The number of anilines is 1. The van der Waals surface area contributed by atoms with Crippen LogP contribution in [0.4, 0.5) is 5.95 Å². The number of hydrogen-bond donors (Lipinski definition) is 1. The molecule has 0 radical (unpaired) electrons. The van der Waals surface area contributed by atoms with Crippen LogP contribution in [-0.2, 0) is 0 Å². The summed E-state index contributed by atoms with van der Waals surface area (Å²) in [5.74, 6) is 0.861. The first-order chi connectivity index (χ1) is 8.10. The van der Waals surface area contributed by atoms with E-state index >= 15 is 0 Å². The van der Waals surface area contributed by atoms with E-state index in [2.05, 4.69) is 30.9 Å². The number of aromatic nitrogens is 3. The Balaban J connectivity index is 2.59. The molecule has 0 saturated heterocycles. The van der Waals surface area contributed by atoms with E-state index in [0.717, 1.165) is 15.6 Å². The van der Waals surface area contributed by atoms with Crippen molar-refractivity contribution < 1.29 is 0 Å². The maximum atomic E-state index is 5.67. The van der Waals surface area contributed by atoms with Crippen LogP contribution < -0.4 is 5.73 Å². The van der Waals surface area contributed by atoms with Crippen molar-refractivity contribution in [1.82, 2.24) is 15.0 Å². The number of hydrogen-bond acceptors (Lipinski definition) is 5. The van der Waals surface area contributed by atoms with E-state index in [1.807, 2.05) is 31.4 Å². The van der Waals surface area contributed by atoms with Gasteiger partial charge in [-0.15, -0.1) is 0 Å². The van der Waals surface area contributed by atoms with Crippen LogP contribution in [0, 0.1) is 6.92 Å². The zero-order chi connectivity index (χ0) is 12.4. The SMILES string of the molecule is CSc1nc(N)nc(-c2cc(Br)ccc2C)n1. The normalized spacial score (nSPS) is 10.5. The fourth-order valence-electron chi connectivity index (χ4n) is 1.42. The topological polar surface area (TPSA) is 64.7 Å². The Labute approximate surface area is 112 Å². The summed E-state index contributed by atoms with van der Waals surface area (Å²) in [7, 11) is 0. The third-order valence-corrected chi connectivity index (χ3v) is 3.30. The fourth-order valence-corrected chi connectivity index (χ4v) is 2.14. The number of nitrogens with two attached hydrogens (primary N) is 1. The minimum Gasteiger partial charge on any atom is -0.368 e. The average molecular weight is 311 g/mol. The van der Waals surface area contributed by atoms with E-state index in [0.29, 0.717) is 11.0 Å². The molecule has 0 fully saturated rings. The standard InChI is InChI=1S/C11H11BrN4S/c1-6-3-4-7(12)5-8(6)9-14-10(13)16-11(15-9)17-2/h3-5H,1-2H3,(H2,13,14,15,16). The molecule has 0 amide bonds. The second-order valence-electron chi connectivity index (χ2n) is 3.46. The lowest BCUT2D eigenvalue weighted by Crippen LogP contribution is -2.02. The van der Waals surface area contributed by atoms with Crippen molar-refractivity contribution in [3.63, 3.8) is 0 Å². The molecule has 0 aliphatic rings. The van der Waals surface area contributed by atoms with E-state index in [9.17, 15) is 0 Å². The van der Waals surface area contributed by atoms with Gasteiger partial charge in [0, 0.05) is 10.0 Å². The van der Waals surface area contributed by atoms with E-state index in [1.165, 1.54) is 11.8 Å². The highest BCUT2D eigenvalue weighted by molar-refractivity contribution is 9.10. The van der Waals surface area contributed by atoms with E-state index in [1.54, 1.807) is 0 Å². The van der Waals surface area contributed by atoms with Crippen molar-refractivity contribution in [2.24, 2.45) is 0 Å². The van der Waals surface area contributed by atoms with Crippen LogP contribution in [0.5, 0.6) is 0 Å². The van der Waals surface area contributed by atoms with Gasteiger partial charge in [0.05, 0.1) is 0 Å². The Morgan fingerprint density at radius 2 is 2.00 bits per heavy atom. The van der Waals surface area contributed by atoms with Gasteiger partial charge < -0.3 is 5.73 Å². The first kappa shape index (κ1) is 12.3. The molecule has 17 heavy (non-hydrogen) atoms. The number of benzene rings is 1. The Morgan fingerprint density at radius 1 is 1.24 bits per heavy atom. The molecule has 4 nitrogen and oxygen atoms in total. The smallest absolute Gasteiger partial charge is 0.224 e. The minimum atomic E-state index is 0.249. The number of thioether (sulfide) groups is 1. The van der Waals surface area contributed by atoms with E-state index < -0.39 is 0 Å². The molecule has 88 valence electrons. The largest absolute Gasteiger partial charge is 0.368 e. The van der Waals surface area contributed by atoms with Crippen LogP contribution >= 0.6 is 27.7 Å². The number of rotatable bonds is 2. The molecule has 0 aliphatic heterocycles. The summed E-state index contributed by atoms with van der Waals surface area (Å²) in [4.78, 5) is 12.6. The number of nitrogens with zero attached hydrogens (tertiary/aromatic N) is 3. The predicted molar refractivity (Wildman–Crippen MR) is 73.9 cm³/mol. The van der Waals surface area contributed by atoms with Gasteiger partial charge in [-0.1, -0.05) is 33.8 Å². The molecule has 6 heteroatoms. The second kappa shape index (κ2) is 5.01. The van der Waals surface area contributed by atoms with Crippen molar-refractivity contribution in [3.8, 4) is 11.4 Å². The van der Waals surface area contributed by atoms with E-state index in [-0.39, 0.29) is 5.95 Å². The molecule has 0 atom stereocenters. The van der Waals surface area contributed by atoms with Crippen molar-refractivity contribution in [1.29, 1.82) is 0 Å². The number of halogens is 1. The molecule has 2 N–H and O–H groups in total. The second-order valence-corrected chi connectivity index (χ2v) is 5.15. The van der Waals surface area contributed by atoms with Gasteiger partial charge in [-0.25, -0.2) is 4.98 Å². The highest BCUT2D eigenvalue weighted by Crippen LogP contribution is 2.25. The summed E-state index contributed by atoms with van der Waals surface area (Å²) in [5.41, 5.74) is 7.74. The molecule has 0 unspecified atom stereocenters. The summed E-state index contributed by atoms with van der Waals surface area (Å²) < 4.78 is 0.989. The molecule has 2 aromatic rings. The zero-order valence-electron chi connectivity index (χ0n) is 9.44. The Hall–Kier alpha value is -1.14. The molecule has 0 aliphatic carbocycles. The monoisotopic (exact) mass is 310 g/mol. The van der Waals surface area contributed by atoms with Gasteiger partial charge in [-0.05, 0) is 30.9 Å². The predicted octanol–water partition coefficient (Wildman–Crippen LogP) is 2.91. The van der Waals surface area contributed by atoms with Gasteiger partial charge in [0.2, 0.25) is 5.95 Å². The fraction of sp³-hybridized carbons (Fsp3) is 0.182. The van der Waals surface area contributed by atoms with Gasteiger partial charge in [0.25, 0.3) is 0 Å². The maximum Gasteiger partial charge on any atom is 0.224 e. The van der Waals surface area contributed by atoms with Gasteiger partial charge in [-0.3, -0.25) is 0 Å². The minimum absolute atomic E-state index is 0.249. The highest BCUT2D eigenvalue weighted by atomic mass is 79.9. The maximum absolute atomic E-state index is 5.67. The van der Waals surface area contributed by atoms with Crippen LogP contribution in [0.1, 0.15) is 5.56 Å². The van der Waals surface area contributed by atoms with Crippen molar-refractivity contribution in [3.05, 3.63) is 28.2 Å². The zero-order valence-corrected chi connectivity index (χ0v) is 11.8. The molecular weight excluding hydrogens is 300 g/mol. The third kappa shape index (κ3) is 2.76. The molecule has 1 aromatic heterocycles. The van der Waals surface area contributed by atoms with Crippen LogP contribution in [-0.4, -0.2) is 21.2 Å². The average Bonchev–Trinajstić information content (AvgIpc) is 2.31. The Morgan fingerprint density at radius 3 is 2.71 bits per heavy atom. The Bertz CT molecular complexity index is 559. The molecule has 2 rings (SSSR count). The summed E-state index contributed by atoms with van der Waals surface area (Å²) in [6.07, 6.45) is 1.91. The van der Waals surface area contributed by atoms with Crippen LogP contribution in [0.25, 0.3) is 11.4 Å². The Kier molecular flexibility index (Phi) is 3.63. The first-order valence-corrected chi connectivity index (χ1v) is 6.94. The van der Waals surface area contributed by atoms with Gasteiger partial charge in [0.15, 0.2) is 11.0 Å². The molecule has 0 bridgehead atoms. The van der Waals surface area contributed by atoms with Crippen LogP contribution in [0.3, 0.4) is 0 Å². The van der Waals surface area contributed by atoms with Gasteiger partial charge >= 0.3 is 0 Å². The highest BCUT2D eigenvalue weighted by Gasteiger charge is 2.09. The lowest BCUT2D eigenvalue weighted by Gasteiger charge is -2.06. The summed E-state index contributed by atoms with van der Waals surface area (Å²) >= 11 is 4.89. The quantitative estimate of drug-likeness (QED) is 0.864. The first-order valence-electron chi connectivity index (χ1n) is 4.92. The number of aryl methyl sites for hydroxylation is 1. The van der Waals surface area contributed by atoms with Gasteiger partial charge in [-0.2, -0.15) is 9.97 Å². The third-order valence-electron chi connectivity index (χ3n) is 2.26. The molecule has 1 aromatic carbocycles. The van der Waals surface area contributed by atoms with E-state index in [4.69, 9.17) is 5.73 Å². The molecule has 0 spiro atoms. The van der Waals surface area contributed by atoms with Crippen LogP contribution in [0.15, 0.2) is 27.8 Å². The van der Waals surface area contributed by atoms with Gasteiger partial charge in [0.1, 0.15) is 0 Å². The number of nitrogen functional groups attached to an aromatic ring is 1. The van der Waals surface area contributed by atoms with Crippen molar-refractivity contribution in [2.45, 2.75) is 12.1 Å². The van der Waals surface area contributed by atoms with Crippen molar-refractivity contribution >= 4 is 33.6 Å². The van der Waals surface area contributed by atoms with Crippen LogP contribution in [0.2, 0.25) is 0 Å². The lowest BCUT2D eigenvalue weighted by molar-refractivity contribution is 0.926. The molecule has 0 saturated carbocycles. The lowest BCUT2D eigenvalue weighted by atomic mass is 10.1. The summed E-state index contributed by atoms with van der Waals surface area (Å²) in [5, 5.41) is 0.631. The van der Waals surface area contributed by atoms with Crippen molar-refractivity contribution in [2.75, 3.05) is 12.0 Å². The summed E-state index contributed by atoms with van der Waals surface area (Å²) in [6, 6.07) is 5.98. The molecular formula is C11H11BrN4S. The molecule has 1 heterocycles.